The first-order valence-corrected chi connectivity index (χ1v) is 7.43. The van der Waals surface area contributed by atoms with Crippen LogP contribution in [0.25, 0.3) is 0 Å². The Labute approximate surface area is 70.8 Å². The van der Waals surface area contributed by atoms with Crippen molar-refractivity contribution in [2.45, 2.75) is 45.5 Å². The van der Waals surface area contributed by atoms with E-state index in [1.54, 1.807) is 13.8 Å². The predicted molar refractivity (Wildman–Crippen MR) is 52.0 cm³/mol. The zero-order valence-electron chi connectivity index (χ0n) is 8.15. The Kier molecular flexibility index (Phi) is 3.34. The van der Waals surface area contributed by atoms with Crippen molar-refractivity contribution in [2.75, 3.05) is 0 Å². The van der Waals surface area contributed by atoms with Gasteiger partial charge >= 0.3 is 0 Å². The minimum absolute atomic E-state index is 0.581. The van der Waals surface area contributed by atoms with Gasteiger partial charge in [0.2, 0.25) is 0 Å². The Balaban J connectivity index is 3.94. The molecule has 0 atom stereocenters. The number of aliphatic hydroxyl groups is 1. The fraction of sp³-hybridized carbons (Fsp3) is 0.778. The van der Waals surface area contributed by atoms with Crippen LogP contribution >= 0.6 is 0 Å². The van der Waals surface area contributed by atoms with Gasteiger partial charge in [-0.3, -0.25) is 0 Å². The molecule has 0 saturated heterocycles. The van der Waals surface area contributed by atoms with Gasteiger partial charge in [0.1, 0.15) is 8.07 Å². The van der Waals surface area contributed by atoms with Crippen LogP contribution in [0.1, 0.15) is 20.3 Å². The molecule has 0 heterocycles. The summed E-state index contributed by atoms with van der Waals surface area (Å²) in [4.78, 5) is 0. The molecule has 11 heavy (non-hydrogen) atoms. The molecule has 0 saturated carbocycles. The Morgan fingerprint density at radius 1 is 1.27 bits per heavy atom. The summed E-state index contributed by atoms with van der Waals surface area (Å²) in [5, 5.41) is 9.33. The molecule has 0 unspecified atom stereocenters. The third-order valence-electron chi connectivity index (χ3n) is 0.984. The van der Waals surface area contributed by atoms with Gasteiger partial charge in [0.05, 0.1) is 5.60 Å². The highest BCUT2D eigenvalue weighted by atomic mass is 28.3. The molecule has 0 aromatic heterocycles. The maximum atomic E-state index is 9.33. The summed E-state index contributed by atoms with van der Waals surface area (Å²) in [5.74, 6) is 3.03. The third-order valence-corrected chi connectivity index (χ3v) is 1.91. The lowest BCUT2D eigenvalue weighted by atomic mass is 10.1. The number of hydrogen-bond donors (Lipinski definition) is 1. The second-order valence-electron chi connectivity index (χ2n) is 4.54. The second kappa shape index (κ2) is 3.42. The van der Waals surface area contributed by atoms with Crippen molar-refractivity contribution in [3.8, 4) is 11.5 Å². The Morgan fingerprint density at radius 3 is 2.00 bits per heavy atom. The second-order valence-corrected chi connectivity index (χ2v) is 9.29. The first kappa shape index (κ1) is 10.7. The molecule has 2 heteroatoms. The molecule has 0 radical (unpaired) electrons. The van der Waals surface area contributed by atoms with Crippen molar-refractivity contribution in [3.63, 3.8) is 0 Å². The molecule has 0 aliphatic heterocycles. The molecule has 64 valence electrons. The van der Waals surface area contributed by atoms with Gasteiger partial charge in [0.25, 0.3) is 0 Å². The van der Waals surface area contributed by atoms with Crippen LogP contribution in [0.4, 0.5) is 0 Å². The summed E-state index contributed by atoms with van der Waals surface area (Å²) in [6.45, 7) is 10.2. The lowest BCUT2D eigenvalue weighted by molar-refractivity contribution is 0.0862. The average Bonchev–Trinajstić information content (AvgIpc) is 1.55. The van der Waals surface area contributed by atoms with Gasteiger partial charge in [-0.1, -0.05) is 19.6 Å². The van der Waals surface area contributed by atoms with Crippen LogP contribution in [0, 0.1) is 11.5 Å². The van der Waals surface area contributed by atoms with Crippen LogP contribution in [-0.2, 0) is 0 Å². The third kappa shape index (κ3) is 9.74. The maximum Gasteiger partial charge on any atom is 0.129 e. The fourth-order valence-electron chi connectivity index (χ4n) is 0.526. The van der Waals surface area contributed by atoms with Crippen molar-refractivity contribution in [1.82, 2.24) is 0 Å². The van der Waals surface area contributed by atoms with Crippen LogP contribution in [0.15, 0.2) is 0 Å². The molecule has 0 rings (SSSR count). The summed E-state index contributed by atoms with van der Waals surface area (Å²) in [6.07, 6.45) is 0.581. The normalized spacial score (nSPS) is 12.2. The minimum atomic E-state index is -1.23. The molecule has 1 nitrogen and oxygen atoms in total. The molecule has 1 N–H and O–H groups in total. The van der Waals surface area contributed by atoms with E-state index in [-0.39, 0.29) is 0 Å². The Hall–Kier alpha value is -0.263. The van der Waals surface area contributed by atoms with E-state index in [0.717, 1.165) is 0 Å². The first-order chi connectivity index (χ1) is 4.71. The predicted octanol–water partition coefficient (Wildman–Crippen LogP) is 2.03. The Morgan fingerprint density at radius 2 is 1.73 bits per heavy atom. The van der Waals surface area contributed by atoms with Crippen molar-refractivity contribution in [1.29, 1.82) is 0 Å². The Bertz CT molecular complexity index is 172. The summed E-state index contributed by atoms with van der Waals surface area (Å²) in [5.41, 5.74) is 2.58. The highest BCUT2D eigenvalue weighted by Gasteiger charge is 2.11. The maximum absolute atomic E-state index is 9.33. The van der Waals surface area contributed by atoms with Crippen LogP contribution in [0.2, 0.25) is 19.6 Å². The standard InChI is InChI=1S/C9H18OSi/c1-9(2,10)7-6-8-11(3,4)5/h10H,7H2,1-5H3. The molecule has 0 fully saturated rings. The van der Waals surface area contributed by atoms with Crippen molar-refractivity contribution < 1.29 is 5.11 Å². The SMILES string of the molecule is CC(C)(O)CC#C[Si](C)(C)C. The van der Waals surface area contributed by atoms with Crippen molar-refractivity contribution in [2.24, 2.45) is 0 Å². The zero-order chi connectivity index (χ0) is 9.12. The minimum Gasteiger partial charge on any atom is -0.389 e. The molecule has 0 aliphatic carbocycles. The average molecular weight is 170 g/mol. The number of hydrogen-bond acceptors (Lipinski definition) is 1. The first-order valence-electron chi connectivity index (χ1n) is 3.93. The monoisotopic (exact) mass is 170 g/mol. The quantitative estimate of drug-likeness (QED) is 0.471. The van der Waals surface area contributed by atoms with Crippen LogP contribution in [0.3, 0.4) is 0 Å². The summed E-state index contributed by atoms with van der Waals surface area (Å²) in [7, 11) is -1.23. The molecule has 0 aromatic carbocycles. The van der Waals surface area contributed by atoms with Crippen molar-refractivity contribution >= 4 is 8.07 Å². The largest absolute Gasteiger partial charge is 0.389 e. The van der Waals surface area contributed by atoms with E-state index >= 15 is 0 Å². The lowest BCUT2D eigenvalue weighted by Crippen LogP contribution is -2.19. The summed E-state index contributed by atoms with van der Waals surface area (Å²) < 4.78 is 0. The van der Waals surface area contributed by atoms with Crippen LogP contribution in [-0.4, -0.2) is 18.8 Å². The smallest absolute Gasteiger partial charge is 0.129 e. The van der Waals surface area contributed by atoms with E-state index in [0.29, 0.717) is 6.42 Å². The molecule has 0 amide bonds. The lowest BCUT2D eigenvalue weighted by Gasteiger charge is -2.12. The summed E-state index contributed by atoms with van der Waals surface area (Å²) in [6, 6.07) is 0. The topological polar surface area (TPSA) is 20.2 Å². The van der Waals surface area contributed by atoms with Gasteiger partial charge in [-0.15, -0.1) is 11.5 Å². The highest BCUT2D eigenvalue weighted by molar-refractivity contribution is 6.83. The molecular formula is C9H18OSi. The van der Waals surface area contributed by atoms with Crippen molar-refractivity contribution in [3.05, 3.63) is 0 Å². The molecular weight excluding hydrogens is 152 g/mol. The van der Waals surface area contributed by atoms with Gasteiger partial charge in [-0.05, 0) is 13.8 Å². The van der Waals surface area contributed by atoms with Gasteiger partial charge in [-0.25, -0.2) is 0 Å². The van der Waals surface area contributed by atoms with Gasteiger partial charge in [-0.2, -0.15) is 0 Å². The summed E-state index contributed by atoms with van der Waals surface area (Å²) >= 11 is 0. The number of rotatable bonds is 1. The van der Waals surface area contributed by atoms with E-state index in [4.69, 9.17) is 0 Å². The van der Waals surface area contributed by atoms with Crippen LogP contribution < -0.4 is 0 Å². The van der Waals surface area contributed by atoms with Gasteiger partial charge < -0.3 is 5.11 Å². The van der Waals surface area contributed by atoms with Gasteiger partial charge in [0, 0.05) is 6.42 Å². The van der Waals surface area contributed by atoms with E-state index in [1.807, 2.05) is 0 Å². The molecule has 0 spiro atoms. The molecule has 0 bridgehead atoms. The van der Waals surface area contributed by atoms with Crippen LogP contribution in [0.5, 0.6) is 0 Å². The fourth-order valence-corrected chi connectivity index (χ4v) is 1.14. The molecule has 0 aromatic rings. The van der Waals surface area contributed by atoms with E-state index in [1.165, 1.54) is 0 Å². The zero-order valence-corrected chi connectivity index (χ0v) is 9.15. The van der Waals surface area contributed by atoms with Gasteiger partial charge in [0.15, 0.2) is 0 Å². The molecule has 0 aliphatic rings. The van der Waals surface area contributed by atoms with E-state index < -0.39 is 13.7 Å². The van der Waals surface area contributed by atoms with E-state index in [9.17, 15) is 5.11 Å². The highest BCUT2D eigenvalue weighted by Crippen LogP contribution is 2.05. The van der Waals surface area contributed by atoms with E-state index in [2.05, 4.69) is 31.1 Å².